The Hall–Kier alpha value is -1.04. The number of nitrogens with zero attached hydrogens (tertiary/aromatic N) is 3. The normalized spacial score (nSPS) is 11.8. The van der Waals surface area contributed by atoms with E-state index in [1.165, 1.54) is 11.8 Å². The summed E-state index contributed by atoms with van der Waals surface area (Å²) >= 11 is 7.53. The zero-order valence-electron chi connectivity index (χ0n) is 11.8. The summed E-state index contributed by atoms with van der Waals surface area (Å²) in [5, 5.41) is 19.8. The topological polar surface area (TPSA) is 50.9 Å². The quantitative estimate of drug-likeness (QED) is 0.859. The van der Waals surface area contributed by atoms with E-state index in [0.29, 0.717) is 10.8 Å². The van der Waals surface area contributed by atoms with Crippen molar-refractivity contribution in [2.45, 2.75) is 38.1 Å². The molecule has 0 bridgehead atoms. The van der Waals surface area contributed by atoms with Gasteiger partial charge in [-0.2, -0.15) is 0 Å². The molecule has 0 aliphatic carbocycles. The number of hydrogen-bond donors (Lipinski definition) is 1. The lowest BCUT2D eigenvalue weighted by Gasteiger charge is -2.16. The fourth-order valence-corrected chi connectivity index (χ4v) is 2.91. The average molecular weight is 312 g/mol. The molecule has 6 heteroatoms. The Bertz CT molecular complexity index is 592. The minimum absolute atomic E-state index is 0.570. The first kappa shape index (κ1) is 15.4. The highest BCUT2D eigenvalue weighted by molar-refractivity contribution is 7.99. The number of aliphatic hydroxyl groups is 1. The summed E-state index contributed by atoms with van der Waals surface area (Å²) < 4.78 is 2.03. The Balaban J connectivity index is 2.30. The molecule has 0 aliphatic heterocycles. The number of thioether (sulfide) groups is 1. The van der Waals surface area contributed by atoms with Crippen molar-refractivity contribution in [1.29, 1.82) is 0 Å². The molecule has 0 radical (unpaired) electrons. The van der Waals surface area contributed by atoms with Crippen LogP contribution in [0.15, 0.2) is 29.4 Å². The van der Waals surface area contributed by atoms with E-state index in [-0.39, 0.29) is 0 Å². The first-order valence-corrected chi connectivity index (χ1v) is 7.81. The maximum atomic E-state index is 9.81. The molecule has 1 heterocycles. The van der Waals surface area contributed by atoms with E-state index in [1.54, 1.807) is 13.8 Å². The van der Waals surface area contributed by atoms with Crippen molar-refractivity contribution < 1.29 is 5.11 Å². The molecular weight excluding hydrogens is 294 g/mol. The fourth-order valence-electron chi connectivity index (χ4n) is 1.76. The lowest BCUT2D eigenvalue weighted by molar-refractivity contribution is 0.107. The second-order valence-corrected chi connectivity index (χ2v) is 6.54. The summed E-state index contributed by atoms with van der Waals surface area (Å²) in [6.07, 6.45) is 0. The van der Waals surface area contributed by atoms with Gasteiger partial charge >= 0.3 is 0 Å². The Kier molecular flexibility index (Phi) is 4.73. The number of halogens is 1. The predicted octanol–water partition coefficient (Wildman–Crippen LogP) is 3.48. The van der Waals surface area contributed by atoms with Gasteiger partial charge in [-0.15, -0.1) is 10.2 Å². The SMILES string of the molecule is CCn1c(SCC(C)(C)O)nnc1-c1cccc(Cl)c1. The summed E-state index contributed by atoms with van der Waals surface area (Å²) in [6.45, 7) is 6.38. The van der Waals surface area contributed by atoms with E-state index in [4.69, 9.17) is 11.6 Å². The molecule has 1 N–H and O–H groups in total. The largest absolute Gasteiger partial charge is 0.390 e. The van der Waals surface area contributed by atoms with Gasteiger partial charge < -0.3 is 9.67 Å². The molecule has 0 spiro atoms. The molecule has 0 saturated carbocycles. The molecule has 0 aliphatic rings. The summed E-state index contributed by atoms with van der Waals surface area (Å²) in [7, 11) is 0. The lowest BCUT2D eigenvalue weighted by atomic mass is 10.2. The van der Waals surface area contributed by atoms with E-state index in [1.807, 2.05) is 35.8 Å². The molecule has 0 atom stereocenters. The summed E-state index contributed by atoms with van der Waals surface area (Å²) in [5.74, 6) is 1.37. The maximum Gasteiger partial charge on any atom is 0.191 e. The summed E-state index contributed by atoms with van der Waals surface area (Å²) in [5.41, 5.74) is 0.216. The van der Waals surface area contributed by atoms with Crippen molar-refractivity contribution in [3.8, 4) is 11.4 Å². The molecule has 1 aromatic carbocycles. The first-order chi connectivity index (χ1) is 9.40. The Morgan fingerprint density at radius 3 is 2.70 bits per heavy atom. The third-order valence-corrected chi connectivity index (χ3v) is 4.32. The highest BCUT2D eigenvalue weighted by Crippen LogP contribution is 2.27. The summed E-state index contributed by atoms with van der Waals surface area (Å²) in [4.78, 5) is 0. The van der Waals surface area contributed by atoms with E-state index in [0.717, 1.165) is 23.1 Å². The maximum absolute atomic E-state index is 9.81. The van der Waals surface area contributed by atoms with Gasteiger partial charge in [-0.25, -0.2) is 0 Å². The zero-order valence-corrected chi connectivity index (χ0v) is 13.4. The van der Waals surface area contributed by atoms with Gasteiger partial charge in [-0.1, -0.05) is 35.5 Å². The first-order valence-electron chi connectivity index (χ1n) is 6.45. The Morgan fingerprint density at radius 1 is 1.35 bits per heavy atom. The van der Waals surface area contributed by atoms with E-state index in [9.17, 15) is 5.11 Å². The second kappa shape index (κ2) is 6.16. The molecule has 0 amide bonds. The highest BCUT2D eigenvalue weighted by Gasteiger charge is 2.18. The molecular formula is C14H18ClN3OS. The van der Waals surface area contributed by atoms with Gasteiger partial charge in [0.05, 0.1) is 5.60 Å². The molecule has 2 aromatic rings. The molecule has 108 valence electrons. The van der Waals surface area contributed by atoms with E-state index >= 15 is 0 Å². The van der Waals surface area contributed by atoms with E-state index < -0.39 is 5.60 Å². The van der Waals surface area contributed by atoms with Gasteiger partial charge in [0, 0.05) is 22.9 Å². The van der Waals surface area contributed by atoms with Crippen molar-refractivity contribution >= 4 is 23.4 Å². The molecule has 20 heavy (non-hydrogen) atoms. The van der Waals surface area contributed by atoms with Crippen LogP contribution in [-0.2, 0) is 6.54 Å². The fraction of sp³-hybridized carbons (Fsp3) is 0.429. The van der Waals surface area contributed by atoms with Crippen LogP contribution in [-0.4, -0.2) is 31.2 Å². The molecule has 0 fully saturated rings. The zero-order chi connectivity index (χ0) is 14.8. The third-order valence-electron chi connectivity index (χ3n) is 2.67. The smallest absolute Gasteiger partial charge is 0.191 e. The third kappa shape index (κ3) is 3.75. The van der Waals surface area contributed by atoms with Gasteiger partial charge in [0.2, 0.25) is 0 Å². The van der Waals surface area contributed by atoms with Crippen molar-refractivity contribution in [3.05, 3.63) is 29.3 Å². The Labute approximate surface area is 128 Å². The lowest BCUT2D eigenvalue weighted by Crippen LogP contribution is -2.22. The number of benzene rings is 1. The number of aromatic nitrogens is 3. The predicted molar refractivity (Wildman–Crippen MR) is 83.2 cm³/mol. The van der Waals surface area contributed by atoms with Gasteiger partial charge in [0.15, 0.2) is 11.0 Å². The van der Waals surface area contributed by atoms with Crippen LogP contribution in [0.3, 0.4) is 0 Å². The minimum atomic E-state index is -0.731. The van der Waals surface area contributed by atoms with Crippen LogP contribution in [0, 0.1) is 0 Å². The Morgan fingerprint density at radius 2 is 2.10 bits per heavy atom. The molecule has 0 unspecified atom stereocenters. The monoisotopic (exact) mass is 311 g/mol. The van der Waals surface area contributed by atoms with Crippen molar-refractivity contribution in [1.82, 2.24) is 14.8 Å². The highest BCUT2D eigenvalue weighted by atomic mass is 35.5. The minimum Gasteiger partial charge on any atom is -0.390 e. The summed E-state index contributed by atoms with van der Waals surface area (Å²) in [6, 6.07) is 7.58. The average Bonchev–Trinajstić information content (AvgIpc) is 2.78. The number of hydrogen-bond acceptors (Lipinski definition) is 4. The van der Waals surface area contributed by atoms with Gasteiger partial charge in [-0.05, 0) is 32.9 Å². The van der Waals surface area contributed by atoms with Crippen LogP contribution in [0.1, 0.15) is 20.8 Å². The van der Waals surface area contributed by atoms with Crippen LogP contribution in [0.4, 0.5) is 0 Å². The van der Waals surface area contributed by atoms with Crippen LogP contribution < -0.4 is 0 Å². The molecule has 1 aromatic heterocycles. The standard InChI is InChI=1S/C14H18ClN3OS/c1-4-18-12(10-6-5-7-11(15)8-10)16-17-13(18)20-9-14(2,3)19/h5-8,19H,4,9H2,1-3H3. The molecule has 2 rings (SSSR count). The molecule has 4 nitrogen and oxygen atoms in total. The van der Waals surface area contributed by atoms with Crippen LogP contribution in [0.25, 0.3) is 11.4 Å². The van der Waals surface area contributed by atoms with Gasteiger partial charge in [-0.3, -0.25) is 0 Å². The van der Waals surface area contributed by atoms with Crippen molar-refractivity contribution in [2.75, 3.05) is 5.75 Å². The van der Waals surface area contributed by atoms with E-state index in [2.05, 4.69) is 10.2 Å². The second-order valence-electron chi connectivity index (χ2n) is 5.16. The van der Waals surface area contributed by atoms with Crippen molar-refractivity contribution in [3.63, 3.8) is 0 Å². The van der Waals surface area contributed by atoms with Crippen LogP contribution in [0.5, 0.6) is 0 Å². The molecule has 0 saturated heterocycles. The van der Waals surface area contributed by atoms with Crippen LogP contribution >= 0.6 is 23.4 Å². The van der Waals surface area contributed by atoms with Gasteiger partial charge in [0.1, 0.15) is 0 Å². The van der Waals surface area contributed by atoms with Crippen molar-refractivity contribution in [2.24, 2.45) is 0 Å². The van der Waals surface area contributed by atoms with Crippen LogP contribution in [0.2, 0.25) is 5.02 Å². The van der Waals surface area contributed by atoms with Gasteiger partial charge in [0.25, 0.3) is 0 Å². The number of rotatable bonds is 5.